The van der Waals surface area contributed by atoms with E-state index >= 15 is 0 Å². The fourth-order valence-corrected chi connectivity index (χ4v) is 6.54. The van der Waals surface area contributed by atoms with E-state index < -0.39 is 33.6 Å². The molecule has 1 heterocycles. The molecular weight excluding hydrogens is 596 g/mol. The minimum absolute atomic E-state index is 0.00638. The van der Waals surface area contributed by atoms with Crippen molar-refractivity contribution in [2.24, 2.45) is 0 Å². The van der Waals surface area contributed by atoms with E-state index in [9.17, 15) is 27.6 Å². The molecule has 0 atom stereocenters. The highest BCUT2D eigenvalue weighted by Gasteiger charge is 2.36. The van der Waals surface area contributed by atoms with Crippen molar-refractivity contribution in [3.8, 4) is 0 Å². The zero-order valence-corrected chi connectivity index (χ0v) is 24.4. The summed E-state index contributed by atoms with van der Waals surface area (Å²) in [5, 5.41) is 3.05. The summed E-state index contributed by atoms with van der Waals surface area (Å²) in [6.45, 7) is -0.0367. The topological polar surface area (TPSA) is 136 Å². The average molecular weight is 619 g/mol. The molecule has 4 aromatic carbocycles. The Labute approximate surface area is 251 Å². The maximum Gasteiger partial charge on any atom is 0.337 e. The third-order valence-corrected chi connectivity index (χ3v) is 8.81. The highest BCUT2D eigenvalue weighted by molar-refractivity contribution is 7.91. The highest BCUT2D eigenvalue weighted by Crippen LogP contribution is 2.38. The monoisotopic (exact) mass is 618 g/mol. The number of ether oxygens (including phenoxy) is 2. The number of sulfone groups is 1. The standard InChI is InChI=1S/C31H23ClN2O8S/c1-41-30(37)20-13-21(31(38)42-2)15-23(14-20)33-28(35)19-10-11-27-25(16-19)34(17-18-6-5-7-22(32)12-18)29(36)24-8-3-4-9-26(24)43(27,39)40/h3-16H,17H2,1-2H3,(H,33,35). The number of methoxy groups -OCH3 is 2. The number of hydrogen-bond acceptors (Lipinski definition) is 8. The highest BCUT2D eigenvalue weighted by atomic mass is 35.5. The number of nitrogens with one attached hydrogen (secondary N) is 1. The van der Waals surface area contributed by atoms with Crippen molar-refractivity contribution >= 4 is 56.6 Å². The molecule has 0 aromatic heterocycles. The molecule has 0 saturated heterocycles. The minimum atomic E-state index is -4.16. The van der Waals surface area contributed by atoms with Crippen LogP contribution >= 0.6 is 11.6 Å². The molecule has 218 valence electrons. The summed E-state index contributed by atoms with van der Waals surface area (Å²) in [5.41, 5.74) is 0.680. The van der Waals surface area contributed by atoms with Gasteiger partial charge < -0.3 is 19.7 Å². The van der Waals surface area contributed by atoms with Gasteiger partial charge in [-0.05, 0) is 66.2 Å². The SMILES string of the molecule is COC(=O)c1cc(NC(=O)c2ccc3c(c2)N(Cc2cccc(Cl)c2)C(=O)c2ccccc2S3(=O)=O)cc(C(=O)OC)c1. The number of amides is 2. The fourth-order valence-electron chi connectivity index (χ4n) is 4.70. The number of nitrogens with zero attached hydrogens (tertiary/aromatic N) is 1. The van der Waals surface area contributed by atoms with Crippen LogP contribution in [0.2, 0.25) is 5.02 Å². The number of esters is 2. The zero-order chi connectivity index (χ0) is 30.9. The first-order valence-electron chi connectivity index (χ1n) is 12.7. The predicted octanol–water partition coefficient (Wildman–Crippen LogP) is 5.16. The van der Waals surface area contributed by atoms with Gasteiger partial charge in [-0.2, -0.15) is 0 Å². The maximum atomic E-state index is 13.8. The number of benzene rings is 4. The molecule has 0 bridgehead atoms. The quantitative estimate of drug-likeness (QED) is 0.293. The van der Waals surface area contributed by atoms with Crippen molar-refractivity contribution in [2.75, 3.05) is 24.4 Å². The van der Waals surface area contributed by atoms with Crippen molar-refractivity contribution in [3.05, 3.63) is 118 Å². The van der Waals surface area contributed by atoms with E-state index in [2.05, 4.69) is 5.32 Å². The number of carbonyl (C=O) groups is 4. The molecule has 0 radical (unpaired) electrons. The Morgan fingerprint density at radius 2 is 1.47 bits per heavy atom. The molecule has 10 nitrogen and oxygen atoms in total. The van der Waals surface area contributed by atoms with Gasteiger partial charge in [-0.25, -0.2) is 18.0 Å². The molecule has 0 unspecified atom stereocenters. The summed E-state index contributed by atoms with van der Waals surface area (Å²) in [6, 6.07) is 20.5. The van der Waals surface area contributed by atoms with E-state index in [0.717, 1.165) is 0 Å². The second-order valence-corrected chi connectivity index (χ2v) is 11.8. The summed E-state index contributed by atoms with van der Waals surface area (Å²) in [6.07, 6.45) is 0. The Hall–Kier alpha value is -5.00. The molecule has 5 rings (SSSR count). The van der Waals surface area contributed by atoms with E-state index in [0.29, 0.717) is 10.6 Å². The van der Waals surface area contributed by atoms with Crippen LogP contribution < -0.4 is 10.2 Å². The van der Waals surface area contributed by atoms with Gasteiger partial charge in [0.15, 0.2) is 0 Å². The molecule has 1 aliphatic rings. The van der Waals surface area contributed by atoms with Crippen LogP contribution in [-0.2, 0) is 25.9 Å². The van der Waals surface area contributed by atoms with Gasteiger partial charge in [-0.3, -0.25) is 9.59 Å². The van der Waals surface area contributed by atoms with E-state index in [4.69, 9.17) is 21.1 Å². The van der Waals surface area contributed by atoms with Crippen LogP contribution in [-0.4, -0.2) is 46.4 Å². The van der Waals surface area contributed by atoms with Crippen LogP contribution in [0.5, 0.6) is 0 Å². The second-order valence-electron chi connectivity index (χ2n) is 9.44. The third kappa shape index (κ3) is 5.72. The second kappa shape index (κ2) is 11.7. The van der Waals surface area contributed by atoms with Gasteiger partial charge in [0.2, 0.25) is 9.84 Å². The molecule has 43 heavy (non-hydrogen) atoms. The Morgan fingerprint density at radius 3 is 2.12 bits per heavy atom. The van der Waals surface area contributed by atoms with Gasteiger partial charge in [0.25, 0.3) is 11.8 Å². The van der Waals surface area contributed by atoms with Crippen molar-refractivity contribution in [1.29, 1.82) is 0 Å². The first-order chi connectivity index (χ1) is 20.5. The van der Waals surface area contributed by atoms with E-state index in [1.54, 1.807) is 30.3 Å². The smallest absolute Gasteiger partial charge is 0.337 e. The summed E-state index contributed by atoms with van der Waals surface area (Å²) >= 11 is 6.17. The maximum absolute atomic E-state index is 13.8. The summed E-state index contributed by atoms with van der Waals surface area (Å²) in [7, 11) is -1.82. The third-order valence-electron chi connectivity index (χ3n) is 6.72. The minimum Gasteiger partial charge on any atom is -0.465 e. The molecule has 0 aliphatic carbocycles. The summed E-state index contributed by atoms with van der Waals surface area (Å²) in [4.78, 5) is 52.6. The summed E-state index contributed by atoms with van der Waals surface area (Å²) in [5.74, 6) is -2.77. The van der Waals surface area contributed by atoms with Crippen LogP contribution in [0.25, 0.3) is 0 Å². The summed E-state index contributed by atoms with van der Waals surface area (Å²) < 4.78 is 37.0. The molecule has 1 aliphatic heterocycles. The lowest BCUT2D eigenvalue weighted by Crippen LogP contribution is -2.30. The number of anilines is 2. The van der Waals surface area contributed by atoms with E-state index in [1.165, 1.54) is 73.7 Å². The predicted molar refractivity (Wildman–Crippen MR) is 157 cm³/mol. The molecule has 12 heteroatoms. The van der Waals surface area contributed by atoms with Crippen LogP contribution in [0.3, 0.4) is 0 Å². The van der Waals surface area contributed by atoms with Gasteiger partial charge in [0, 0.05) is 16.3 Å². The Morgan fingerprint density at radius 1 is 0.791 bits per heavy atom. The zero-order valence-electron chi connectivity index (χ0n) is 22.8. The van der Waals surface area contributed by atoms with Crippen LogP contribution in [0, 0.1) is 0 Å². The van der Waals surface area contributed by atoms with Gasteiger partial charge >= 0.3 is 11.9 Å². The van der Waals surface area contributed by atoms with Crippen molar-refractivity contribution < 1.29 is 37.1 Å². The fraction of sp³-hybridized carbons (Fsp3) is 0.0968. The number of carbonyl (C=O) groups excluding carboxylic acids is 4. The van der Waals surface area contributed by atoms with Gasteiger partial charge in [0.05, 0.1) is 52.9 Å². The molecule has 0 fully saturated rings. The molecule has 0 spiro atoms. The molecule has 4 aromatic rings. The average Bonchev–Trinajstić information content (AvgIpc) is 3.07. The normalized spacial score (nSPS) is 13.3. The molecular formula is C31H23ClN2O8S. The van der Waals surface area contributed by atoms with Crippen LogP contribution in [0.4, 0.5) is 11.4 Å². The lowest BCUT2D eigenvalue weighted by Gasteiger charge is -2.23. The van der Waals surface area contributed by atoms with Gasteiger partial charge in [-0.15, -0.1) is 0 Å². The van der Waals surface area contributed by atoms with Crippen LogP contribution in [0.15, 0.2) is 94.7 Å². The molecule has 0 saturated carbocycles. The van der Waals surface area contributed by atoms with Crippen molar-refractivity contribution in [2.45, 2.75) is 16.3 Å². The Balaban J connectivity index is 1.60. The Kier molecular flexibility index (Phi) is 8.03. The first-order valence-corrected chi connectivity index (χ1v) is 14.6. The lowest BCUT2D eigenvalue weighted by molar-refractivity contribution is 0.0598. The van der Waals surface area contributed by atoms with Crippen molar-refractivity contribution in [3.63, 3.8) is 0 Å². The van der Waals surface area contributed by atoms with Crippen LogP contribution in [0.1, 0.15) is 47.0 Å². The van der Waals surface area contributed by atoms with E-state index in [-0.39, 0.29) is 50.0 Å². The largest absolute Gasteiger partial charge is 0.465 e. The van der Waals surface area contributed by atoms with E-state index in [1.807, 2.05) is 0 Å². The molecule has 2 amide bonds. The molecule has 1 N–H and O–H groups in total. The van der Waals surface area contributed by atoms with Gasteiger partial charge in [0.1, 0.15) is 0 Å². The number of halogens is 1. The lowest BCUT2D eigenvalue weighted by atomic mass is 10.1. The Bertz CT molecular complexity index is 1890. The first kappa shape index (κ1) is 29.5. The van der Waals surface area contributed by atoms with Gasteiger partial charge in [-0.1, -0.05) is 35.9 Å². The number of hydrogen-bond donors (Lipinski definition) is 1. The number of rotatable bonds is 6. The number of fused-ring (bicyclic) bond motifs is 2. The van der Waals surface area contributed by atoms with Crippen molar-refractivity contribution in [1.82, 2.24) is 0 Å².